The van der Waals surface area contributed by atoms with E-state index in [-0.39, 0.29) is 0 Å². The predicted molar refractivity (Wildman–Crippen MR) is 40.5 cm³/mol. The van der Waals surface area contributed by atoms with Crippen LogP contribution in [0.1, 0.15) is 12.1 Å². The Morgan fingerprint density at radius 1 is 1.36 bits per heavy atom. The summed E-state index contributed by atoms with van der Waals surface area (Å²) in [5.41, 5.74) is 0. The van der Waals surface area contributed by atoms with Crippen LogP contribution in [0, 0.1) is 0 Å². The molecule has 0 spiro atoms. The number of furan rings is 1. The summed E-state index contributed by atoms with van der Waals surface area (Å²) in [6.07, 6.45) is -0.470. The highest BCUT2D eigenvalue weighted by Crippen LogP contribution is 2.22. The molecular formula is C7H9ClO3. The number of rotatable bonds is 3. The van der Waals surface area contributed by atoms with Crippen LogP contribution in [0.5, 0.6) is 0 Å². The molecule has 0 atom stereocenters. The molecule has 0 unspecified atom stereocenters. The lowest BCUT2D eigenvalue weighted by Gasteiger charge is -2.08. The third kappa shape index (κ3) is 1.96. The van der Waals surface area contributed by atoms with Gasteiger partial charge in [-0.15, -0.1) is 0 Å². The Balaban J connectivity index is 2.73. The van der Waals surface area contributed by atoms with E-state index in [1.54, 1.807) is 12.1 Å². The Hall–Kier alpha value is -0.510. The van der Waals surface area contributed by atoms with E-state index in [1.165, 1.54) is 14.2 Å². The highest BCUT2D eigenvalue weighted by Gasteiger charge is 2.12. The molecule has 0 N–H and O–H groups in total. The van der Waals surface area contributed by atoms with E-state index in [2.05, 4.69) is 0 Å². The Morgan fingerprint density at radius 2 is 2.00 bits per heavy atom. The molecule has 1 aromatic heterocycles. The summed E-state index contributed by atoms with van der Waals surface area (Å²) in [5.74, 6) is 0.569. The summed E-state index contributed by atoms with van der Waals surface area (Å²) in [6, 6.07) is 3.35. The van der Waals surface area contributed by atoms with Gasteiger partial charge in [0.15, 0.2) is 11.0 Å². The molecule has 62 valence electrons. The van der Waals surface area contributed by atoms with Crippen LogP contribution >= 0.6 is 11.6 Å². The molecule has 0 saturated carbocycles. The number of halogens is 1. The second-order valence-electron chi connectivity index (χ2n) is 1.95. The van der Waals surface area contributed by atoms with Gasteiger partial charge in [0.1, 0.15) is 0 Å². The van der Waals surface area contributed by atoms with E-state index in [9.17, 15) is 0 Å². The highest BCUT2D eigenvalue weighted by molar-refractivity contribution is 6.28. The van der Waals surface area contributed by atoms with Crippen molar-refractivity contribution < 1.29 is 13.9 Å². The lowest BCUT2D eigenvalue weighted by molar-refractivity contribution is -0.117. The van der Waals surface area contributed by atoms with Crippen LogP contribution in [0.3, 0.4) is 0 Å². The fourth-order valence-corrected chi connectivity index (χ4v) is 0.936. The second kappa shape index (κ2) is 3.76. The SMILES string of the molecule is COC(OC)c1ccc(Cl)o1. The summed E-state index contributed by atoms with van der Waals surface area (Å²) in [4.78, 5) is 0. The van der Waals surface area contributed by atoms with Gasteiger partial charge in [-0.3, -0.25) is 0 Å². The minimum absolute atomic E-state index is 0.333. The smallest absolute Gasteiger partial charge is 0.216 e. The molecule has 0 aliphatic heterocycles. The maximum atomic E-state index is 5.54. The van der Waals surface area contributed by atoms with Crippen molar-refractivity contribution in [1.82, 2.24) is 0 Å². The molecule has 0 amide bonds. The summed E-state index contributed by atoms with van der Waals surface area (Å²) in [6.45, 7) is 0. The van der Waals surface area contributed by atoms with E-state index < -0.39 is 6.29 Å². The lowest BCUT2D eigenvalue weighted by Crippen LogP contribution is -2.01. The van der Waals surface area contributed by atoms with Crippen LogP contribution in [0.25, 0.3) is 0 Å². The van der Waals surface area contributed by atoms with Gasteiger partial charge in [-0.05, 0) is 23.7 Å². The standard InChI is InChI=1S/C7H9ClO3/c1-9-7(10-2)5-3-4-6(8)11-5/h3-4,7H,1-2H3. The van der Waals surface area contributed by atoms with Crippen molar-refractivity contribution in [2.24, 2.45) is 0 Å². The molecule has 1 rings (SSSR count). The number of hydrogen-bond donors (Lipinski definition) is 0. The van der Waals surface area contributed by atoms with Gasteiger partial charge in [0.2, 0.25) is 6.29 Å². The summed E-state index contributed by atoms with van der Waals surface area (Å²) in [7, 11) is 3.06. The Kier molecular flexibility index (Phi) is 2.93. The Morgan fingerprint density at radius 3 is 2.36 bits per heavy atom. The Bertz CT molecular complexity index is 217. The topological polar surface area (TPSA) is 31.6 Å². The molecule has 1 heterocycles. The summed E-state index contributed by atoms with van der Waals surface area (Å²) < 4.78 is 14.9. The maximum Gasteiger partial charge on any atom is 0.216 e. The zero-order valence-electron chi connectivity index (χ0n) is 6.33. The summed E-state index contributed by atoms with van der Waals surface area (Å²) in [5, 5.41) is 0.333. The van der Waals surface area contributed by atoms with Gasteiger partial charge in [-0.1, -0.05) is 0 Å². The van der Waals surface area contributed by atoms with Crippen LogP contribution in [-0.2, 0) is 9.47 Å². The zero-order valence-corrected chi connectivity index (χ0v) is 7.09. The van der Waals surface area contributed by atoms with Crippen LogP contribution in [0.4, 0.5) is 0 Å². The molecule has 0 aliphatic rings. The first-order valence-electron chi connectivity index (χ1n) is 3.08. The molecule has 4 heteroatoms. The van der Waals surface area contributed by atoms with Crippen LogP contribution in [0.2, 0.25) is 5.22 Å². The molecule has 0 aliphatic carbocycles. The Labute approximate surface area is 69.9 Å². The van der Waals surface area contributed by atoms with E-state index in [1.807, 2.05) is 0 Å². The monoisotopic (exact) mass is 176 g/mol. The van der Waals surface area contributed by atoms with Gasteiger partial charge in [0.25, 0.3) is 0 Å². The average Bonchev–Trinajstić information content (AvgIpc) is 2.39. The second-order valence-corrected chi connectivity index (χ2v) is 2.32. The van der Waals surface area contributed by atoms with Crippen LogP contribution in [-0.4, -0.2) is 14.2 Å². The zero-order chi connectivity index (χ0) is 8.27. The maximum absolute atomic E-state index is 5.54. The van der Waals surface area contributed by atoms with E-state index in [0.29, 0.717) is 11.0 Å². The normalized spacial score (nSPS) is 10.9. The van der Waals surface area contributed by atoms with E-state index in [0.717, 1.165) is 0 Å². The molecular weight excluding hydrogens is 168 g/mol. The average molecular weight is 177 g/mol. The van der Waals surface area contributed by atoms with Crippen molar-refractivity contribution in [2.45, 2.75) is 6.29 Å². The first-order chi connectivity index (χ1) is 5.27. The lowest BCUT2D eigenvalue weighted by atomic mass is 10.4. The molecule has 0 fully saturated rings. The fourth-order valence-electron chi connectivity index (χ4n) is 0.783. The van der Waals surface area contributed by atoms with Crippen molar-refractivity contribution in [3.63, 3.8) is 0 Å². The predicted octanol–water partition coefficient (Wildman–Crippen LogP) is 2.22. The molecule has 0 radical (unpaired) electrons. The van der Waals surface area contributed by atoms with Crippen molar-refractivity contribution >= 4 is 11.6 Å². The minimum Gasteiger partial charge on any atom is -0.444 e. The molecule has 0 aromatic carbocycles. The molecule has 0 saturated heterocycles. The van der Waals surface area contributed by atoms with Gasteiger partial charge in [-0.25, -0.2) is 0 Å². The van der Waals surface area contributed by atoms with Gasteiger partial charge < -0.3 is 13.9 Å². The first-order valence-corrected chi connectivity index (χ1v) is 3.46. The quantitative estimate of drug-likeness (QED) is 0.662. The third-order valence-electron chi connectivity index (χ3n) is 1.25. The van der Waals surface area contributed by atoms with E-state index in [4.69, 9.17) is 25.5 Å². The van der Waals surface area contributed by atoms with Gasteiger partial charge in [-0.2, -0.15) is 0 Å². The highest BCUT2D eigenvalue weighted by atomic mass is 35.5. The third-order valence-corrected chi connectivity index (χ3v) is 1.46. The fraction of sp³-hybridized carbons (Fsp3) is 0.429. The summed E-state index contributed by atoms with van der Waals surface area (Å²) >= 11 is 5.54. The van der Waals surface area contributed by atoms with Crippen molar-refractivity contribution in [3.8, 4) is 0 Å². The van der Waals surface area contributed by atoms with Gasteiger partial charge >= 0.3 is 0 Å². The largest absolute Gasteiger partial charge is 0.444 e. The molecule has 11 heavy (non-hydrogen) atoms. The molecule has 3 nitrogen and oxygen atoms in total. The van der Waals surface area contributed by atoms with Crippen LogP contribution < -0.4 is 0 Å². The van der Waals surface area contributed by atoms with Gasteiger partial charge in [0, 0.05) is 14.2 Å². The molecule has 1 aromatic rings. The number of methoxy groups -OCH3 is 2. The minimum atomic E-state index is -0.470. The van der Waals surface area contributed by atoms with E-state index >= 15 is 0 Å². The first kappa shape index (κ1) is 8.59. The van der Waals surface area contributed by atoms with Crippen molar-refractivity contribution in [2.75, 3.05) is 14.2 Å². The van der Waals surface area contributed by atoms with Crippen molar-refractivity contribution in [1.29, 1.82) is 0 Å². The molecule has 0 bridgehead atoms. The van der Waals surface area contributed by atoms with Crippen molar-refractivity contribution in [3.05, 3.63) is 23.1 Å². The number of ether oxygens (including phenoxy) is 2. The van der Waals surface area contributed by atoms with Gasteiger partial charge in [0.05, 0.1) is 0 Å². The number of hydrogen-bond acceptors (Lipinski definition) is 3. The van der Waals surface area contributed by atoms with Crippen LogP contribution in [0.15, 0.2) is 16.5 Å².